The van der Waals surface area contributed by atoms with Gasteiger partial charge in [0.1, 0.15) is 47.7 Å². The number of amides is 2. The average molecular weight is 852 g/mol. The van der Waals surface area contributed by atoms with Gasteiger partial charge in [-0.2, -0.15) is 0 Å². The van der Waals surface area contributed by atoms with Gasteiger partial charge in [0.05, 0.1) is 11.1 Å². The van der Waals surface area contributed by atoms with Crippen LogP contribution in [0, 0.1) is 0 Å². The quantitative estimate of drug-likeness (QED) is 0.0916. The van der Waals surface area contributed by atoms with Crippen molar-refractivity contribution in [3.05, 3.63) is 142 Å². The lowest BCUT2D eigenvalue weighted by molar-refractivity contribution is 0.0644. The highest BCUT2D eigenvalue weighted by Crippen LogP contribution is 2.29. The Kier molecular flexibility index (Phi) is 15.4. The van der Waals surface area contributed by atoms with Crippen molar-refractivity contribution >= 4 is 35.0 Å². The van der Waals surface area contributed by atoms with Crippen LogP contribution in [0.3, 0.4) is 0 Å². The van der Waals surface area contributed by atoms with Crippen molar-refractivity contribution in [2.75, 3.05) is 52.5 Å². The molecule has 0 saturated carbocycles. The summed E-state index contributed by atoms with van der Waals surface area (Å²) in [5.41, 5.74) is 6.64. The van der Waals surface area contributed by atoms with Crippen molar-refractivity contribution < 1.29 is 28.5 Å². The Morgan fingerprint density at radius 3 is 1.32 bits per heavy atom. The fraction of sp³-hybridized carbons (Fsp3) is 0.333. The molecule has 314 valence electrons. The Hall–Kier alpha value is -5.10. The summed E-state index contributed by atoms with van der Waals surface area (Å²) in [6.45, 7) is 6.57. The molecule has 0 radical (unpaired) electrons. The van der Waals surface area contributed by atoms with Crippen LogP contribution in [0.25, 0.3) is 0 Å². The van der Waals surface area contributed by atoms with Gasteiger partial charge in [-0.3, -0.25) is 24.3 Å². The van der Waals surface area contributed by atoms with E-state index in [-0.39, 0.29) is 11.8 Å². The van der Waals surface area contributed by atoms with Crippen LogP contribution in [-0.4, -0.2) is 91.1 Å². The maximum atomic E-state index is 12.6. The zero-order chi connectivity index (χ0) is 41.7. The lowest BCUT2D eigenvalue weighted by Gasteiger charge is -2.25. The van der Waals surface area contributed by atoms with Gasteiger partial charge in [-0.1, -0.05) is 35.3 Å². The number of hydrogen-bond acceptors (Lipinski definition) is 9. The van der Waals surface area contributed by atoms with Crippen LogP contribution in [0.1, 0.15) is 59.2 Å². The first-order chi connectivity index (χ1) is 29.3. The highest BCUT2D eigenvalue weighted by molar-refractivity contribution is 6.30. The summed E-state index contributed by atoms with van der Waals surface area (Å²) in [4.78, 5) is 31.4. The molecule has 0 bridgehead atoms. The van der Waals surface area contributed by atoms with E-state index in [1.807, 2.05) is 84.9 Å². The van der Waals surface area contributed by atoms with Crippen molar-refractivity contribution in [3.63, 3.8) is 0 Å². The fourth-order valence-electron chi connectivity index (χ4n) is 7.80. The number of carbonyl (C=O) groups excluding carboxylic acids is 2. The molecule has 3 aliphatic rings. The smallest absolute Gasteiger partial charge is 0.261 e. The predicted octanol–water partition coefficient (Wildman–Crippen LogP) is 9.99. The number of hydrogen-bond donors (Lipinski definition) is 1. The van der Waals surface area contributed by atoms with Crippen LogP contribution in [0.5, 0.6) is 34.5 Å². The second kappa shape index (κ2) is 21.4. The molecule has 2 unspecified atom stereocenters. The van der Waals surface area contributed by atoms with Crippen molar-refractivity contribution in [3.8, 4) is 34.5 Å². The van der Waals surface area contributed by atoms with Crippen molar-refractivity contribution in [2.24, 2.45) is 5.73 Å². The molecule has 0 aromatic heterocycles. The zero-order valence-corrected chi connectivity index (χ0v) is 35.2. The van der Waals surface area contributed by atoms with Gasteiger partial charge in [-0.15, -0.1) is 0 Å². The maximum Gasteiger partial charge on any atom is 0.261 e. The Balaban J connectivity index is 0.000000192. The van der Waals surface area contributed by atoms with E-state index >= 15 is 0 Å². The topological polar surface area (TPSA) is 107 Å². The van der Waals surface area contributed by atoms with E-state index in [4.69, 9.17) is 47.9 Å². The van der Waals surface area contributed by atoms with Gasteiger partial charge < -0.3 is 24.7 Å². The Morgan fingerprint density at radius 1 is 0.517 bits per heavy atom. The van der Waals surface area contributed by atoms with Crippen molar-refractivity contribution in [1.29, 1.82) is 0 Å². The first kappa shape index (κ1) is 43.0. The molecule has 5 aromatic carbocycles. The van der Waals surface area contributed by atoms with Gasteiger partial charge in [-0.25, -0.2) is 0 Å². The second-order valence-corrected chi connectivity index (χ2v) is 16.0. The number of halogens is 2. The van der Waals surface area contributed by atoms with E-state index < -0.39 is 0 Å². The van der Waals surface area contributed by atoms with Gasteiger partial charge >= 0.3 is 0 Å². The van der Waals surface area contributed by atoms with Crippen LogP contribution in [0.2, 0.25) is 10.0 Å². The lowest BCUT2D eigenvalue weighted by atomic mass is 10.1. The number of imide groups is 1. The highest BCUT2D eigenvalue weighted by atomic mass is 35.5. The zero-order valence-electron chi connectivity index (χ0n) is 33.7. The normalized spacial score (nSPS) is 17.6. The molecule has 60 heavy (non-hydrogen) atoms. The van der Waals surface area contributed by atoms with Gasteiger partial charge in [0.2, 0.25) is 0 Å². The van der Waals surface area contributed by atoms with E-state index in [1.54, 1.807) is 36.4 Å². The number of nitrogens with zero attached hydrogens (tertiary/aromatic N) is 3. The molecular formula is C48H52Cl2N4O6. The maximum absolute atomic E-state index is 12.6. The highest BCUT2D eigenvalue weighted by Gasteiger charge is 2.35. The number of rotatable bonds is 17. The van der Waals surface area contributed by atoms with Gasteiger partial charge in [0.15, 0.2) is 0 Å². The Labute approximate surface area is 362 Å². The summed E-state index contributed by atoms with van der Waals surface area (Å²) >= 11 is 11.8. The van der Waals surface area contributed by atoms with Gasteiger partial charge in [-0.05, 0) is 174 Å². The number of benzene rings is 5. The molecule has 2 fully saturated rings. The number of fused-ring (bicyclic) bond motifs is 1. The largest absolute Gasteiger partial charge is 0.492 e. The van der Waals surface area contributed by atoms with Gasteiger partial charge in [0, 0.05) is 35.2 Å². The summed E-state index contributed by atoms with van der Waals surface area (Å²) in [6.07, 6.45) is 6.43. The molecule has 10 nitrogen and oxygen atoms in total. The molecule has 3 aliphatic heterocycles. The summed E-state index contributed by atoms with van der Waals surface area (Å²) in [6, 6.07) is 37.8. The van der Waals surface area contributed by atoms with E-state index in [0.29, 0.717) is 46.4 Å². The van der Waals surface area contributed by atoms with E-state index in [9.17, 15) is 9.59 Å². The average Bonchev–Trinajstić information content (AvgIpc) is 3.99. The summed E-state index contributed by atoms with van der Waals surface area (Å²) < 4.78 is 23.7. The molecule has 2 amide bonds. The van der Waals surface area contributed by atoms with Gasteiger partial charge in [0.25, 0.3) is 11.8 Å². The van der Waals surface area contributed by atoms with Crippen LogP contribution < -0.4 is 24.7 Å². The van der Waals surface area contributed by atoms with Crippen LogP contribution in [-0.2, 0) is 0 Å². The summed E-state index contributed by atoms with van der Waals surface area (Å²) in [5.74, 6) is 4.30. The third-order valence-corrected chi connectivity index (χ3v) is 11.5. The van der Waals surface area contributed by atoms with Crippen LogP contribution >= 0.6 is 23.2 Å². The minimum Gasteiger partial charge on any atom is -0.492 e. The number of carbonyl (C=O) groups is 2. The van der Waals surface area contributed by atoms with Crippen molar-refractivity contribution in [2.45, 2.75) is 50.6 Å². The molecule has 8 rings (SSSR count). The monoisotopic (exact) mass is 850 g/mol. The van der Waals surface area contributed by atoms with Crippen LogP contribution in [0.4, 0.5) is 0 Å². The predicted molar refractivity (Wildman–Crippen MR) is 236 cm³/mol. The SMILES string of the molecule is NCCCN1CCCC1COc1ccc(Oc2ccc(Cl)cc2)cc1.O=C1c2ccccc2C(=O)N1CCCN1CCCC1COc1ccc(Oc2ccc(Cl)cc2)cc1. The fourth-order valence-corrected chi connectivity index (χ4v) is 8.05. The first-order valence-corrected chi connectivity index (χ1v) is 21.5. The molecular weight excluding hydrogens is 799 g/mol. The molecule has 12 heteroatoms. The summed E-state index contributed by atoms with van der Waals surface area (Å²) in [5, 5.41) is 1.37. The second-order valence-electron chi connectivity index (χ2n) is 15.1. The lowest BCUT2D eigenvalue weighted by Crippen LogP contribution is -2.37. The minimum atomic E-state index is -0.185. The number of ether oxygens (including phenoxy) is 4. The summed E-state index contributed by atoms with van der Waals surface area (Å²) in [7, 11) is 0. The van der Waals surface area contributed by atoms with Crippen molar-refractivity contribution in [1.82, 2.24) is 14.7 Å². The number of nitrogens with two attached hydrogens (primary N) is 1. The first-order valence-electron chi connectivity index (χ1n) is 20.8. The molecule has 0 aliphatic carbocycles. The molecule has 2 atom stereocenters. The third kappa shape index (κ3) is 11.8. The number of likely N-dealkylation sites (tertiary alicyclic amines) is 2. The molecule has 2 saturated heterocycles. The molecule has 0 spiro atoms. The van der Waals surface area contributed by atoms with E-state index in [1.165, 1.54) is 17.7 Å². The third-order valence-electron chi connectivity index (χ3n) is 11.0. The molecule has 3 heterocycles. The van der Waals surface area contributed by atoms with E-state index in [2.05, 4.69) is 9.80 Å². The molecule has 5 aromatic rings. The Bertz CT molecular complexity index is 2100. The standard InChI is InChI=1S/C28H27ClN2O4.C20H25ClN2O2/c29-20-8-10-23(11-9-20)35-24-14-12-22(13-15-24)34-19-21-5-3-16-30(21)17-4-18-31-27(32)25-6-1-2-7-26(25)28(31)33;21-16-4-6-19(7-5-16)25-20-10-8-18(9-11-20)24-15-17-3-1-13-23(17)14-2-12-22/h1-2,6-15,21H,3-5,16-19H2;4-11,17H,1-3,12-15,22H2. The van der Waals surface area contributed by atoms with E-state index in [0.717, 1.165) is 99.5 Å². The Morgan fingerprint density at radius 2 is 0.900 bits per heavy atom. The van der Waals surface area contributed by atoms with Crippen LogP contribution in [0.15, 0.2) is 121 Å². The molecule has 2 N–H and O–H groups in total. The minimum absolute atomic E-state index is 0.185.